The van der Waals surface area contributed by atoms with Crippen LogP contribution < -0.4 is 10.6 Å². The molecule has 1 aliphatic heterocycles. The second-order valence-corrected chi connectivity index (χ2v) is 4.30. The number of likely N-dealkylation sites (N-methyl/N-ethyl adjacent to an activating group) is 1. The molecule has 0 aromatic carbocycles. The molecule has 0 spiro atoms. The van der Waals surface area contributed by atoms with Crippen molar-refractivity contribution in [2.45, 2.75) is 18.9 Å². The van der Waals surface area contributed by atoms with E-state index in [9.17, 15) is 0 Å². The van der Waals surface area contributed by atoms with Crippen LogP contribution in [-0.2, 0) is 4.74 Å². The minimum absolute atomic E-state index is 0.000194. The predicted octanol–water partition coefficient (Wildman–Crippen LogP) is 0.981. The van der Waals surface area contributed by atoms with Crippen molar-refractivity contribution in [2.75, 3.05) is 25.1 Å². The molecular formula is C12H18N4O. The van der Waals surface area contributed by atoms with E-state index < -0.39 is 0 Å². The van der Waals surface area contributed by atoms with E-state index in [2.05, 4.69) is 9.88 Å². The van der Waals surface area contributed by atoms with Crippen LogP contribution in [0.1, 0.15) is 18.5 Å². The number of hydrogen-bond acceptors (Lipinski definition) is 4. The average Bonchev–Trinajstić information content (AvgIpc) is 2.81. The first-order valence-corrected chi connectivity index (χ1v) is 5.80. The summed E-state index contributed by atoms with van der Waals surface area (Å²) in [5.41, 5.74) is 6.94. The maximum Gasteiger partial charge on any atom is 0.143 e. The van der Waals surface area contributed by atoms with Gasteiger partial charge in [-0.25, -0.2) is 0 Å². The zero-order valence-electron chi connectivity index (χ0n) is 10.0. The Morgan fingerprint density at radius 2 is 2.53 bits per heavy atom. The molecule has 0 amide bonds. The van der Waals surface area contributed by atoms with Crippen molar-refractivity contribution in [1.29, 1.82) is 5.41 Å². The van der Waals surface area contributed by atoms with Gasteiger partial charge in [-0.1, -0.05) is 0 Å². The summed E-state index contributed by atoms with van der Waals surface area (Å²) < 4.78 is 5.60. The first kappa shape index (κ1) is 11.9. The smallest absolute Gasteiger partial charge is 0.143 e. The lowest BCUT2D eigenvalue weighted by Crippen LogP contribution is -2.30. The molecule has 1 saturated heterocycles. The molecular weight excluding hydrogens is 216 g/mol. The van der Waals surface area contributed by atoms with Gasteiger partial charge in [0.2, 0.25) is 0 Å². The third-order valence-corrected chi connectivity index (χ3v) is 2.95. The molecule has 92 valence electrons. The van der Waals surface area contributed by atoms with Crippen LogP contribution in [0.4, 0.5) is 5.69 Å². The predicted molar refractivity (Wildman–Crippen MR) is 67.5 cm³/mol. The number of hydrogen-bond donors (Lipinski definition) is 2. The largest absolute Gasteiger partial charge is 0.382 e. The van der Waals surface area contributed by atoms with Crippen LogP contribution in [-0.4, -0.2) is 37.1 Å². The molecule has 1 atom stereocenters. The number of nitrogens with two attached hydrogens (primary N) is 1. The van der Waals surface area contributed by atoms with Crippen molar-refractivity contribution in [1.82, 2.24) is 4.98 Å². The molecule has 0 bridgehead atoms. The number of pyridine rings is 1. The van der Waals surface area contributed by atoms with E-state index in [4.69, 9.17) is 15.9 Å². The first-order valence-electron chi connectivity index (χ1n) is 5.80. The number of nitrogens with zero attached hydrogens (tertiary/aromatic N) is 2. The summed E-state index contributed by atoms with van der Waals surface area (Å²) in [6, 6.07) is 3.78. The zero-order valence-corrected chi connectivity index (χ0v) is 10.0. The number of nitrogens with one attached hydrogen (secondary N) is 1. The molecule has 0 aliphatic carbocycles. The van der Waals surface area contributed by atoms with Gasteiger partial charge >= 0.3 is 0 Å². The van der Waals surface area contributed by atoms with Gasteiger partial charge in [0.15, 0.2) is 0 Å². The van der Waals surface area contributed by atoms with Gasteiger partial charge in [0.25, 0.3) is 0 Å². The molecule has 2 heterocycles. The van der Waals surface area contributed by atoms with Crippen molar-refractivity contribution in [3.8, 4) is 0 Å². The summed E-state index contributed by atoms with van der Waals surface area (Å²) in [5, 5.41) is 7.51. The Balaban J connectivity index is 2.12. The number of anilines is 1. The van der Waals surface area contributed by atoms with Gasteiger partial charge in [-0.3, -0.25) is 10.4 Å². The minimum atomic E-state index is -0.000194. The van der Waals surface area contributed by atoms with Crippen LogP contribution >= 0.6 is 0 Å². The second kappa shape index (κ2) is 5.14. The van der Waals surface area contributed by atoms with E-state index in [1.165, 1.54) is 0 Å². The van der Waals surface area contributed by atoms with E-state index in [1.807, 2.05) is 19.2 Å². The van der Waals surface area contributed by atoms with E-state index in [-0.39, 0.29) is 11.9 Å². The van der Waals surface area contributed by atoms with Crippen LogP contribution in [0.5, 0.6) is 0 Å². The third kappa shape index (κ3) is 2.74. The molecule has 2 rings (SSSR count). The van der Waals surface area contributed by atoms with Crippen molar-refractivity contribution < 1.29 is 4.74 Å². The maximum absolute atomic E-state index is 7.51. The molecule has 5 heteroatoms. The van der Waals surface area contributed by atoms with E-state index >= 15 is 0 Å². The van der Waals surface area contributed by atoms with Gasteiger partial charge in [-0.2, -0.15) is 0 Å². The summed E-state index contributed by atoms with van der Waals surface area (Å²) in [5.74, 6) is -0.000194. The van der Waals surface area contributed by atoms with E-state index in [0.29, 0.717) is 5.69 Å². The molecule has 1 aliphatic rings. The van der Waals surface area contributed by atoms with Crippen LogP contribution in [0.2, 0.25) is 0 Å². The SMILES string of the molecule is CN(CC1CCCO1)c1cccnc1C(=N)N. The average molecular weight is 234 g/mol. The van der Waals surface area contributed by atoms with Crippen LogP contribution in [0.3, 0.4) is 0 Å². The highest BCUT2D eigenvalue weighted by Crippen LogP contribution is 2.20. The Kier molecular flexibility index (Phi) is 3.58. The summed E-state index contributed by atoms with van der Waals surface area (Å²) in [6.07, 6.45) is 4.16. The van der Waals surface area contributed by atoms with Crippen molar-refractivity contribution in [3.63, 3.8) is 0 Å². The number of ether oxygens (including phenoxy) is 1. The lowest BCUT2D eigenvalue weighted by atomic mass is 10.2. The highest BCUT2D eigenvalue weighted by Gasteiger charge is 2.19. The topological polar surface area (TPSA) is 75.2 Å². The quantitative estimate of drug-likeness (QED) is 0.601. The Morgan fingerprint density at radius 3 is 3.18 bits per heavy atom. The van der Waals surface area contributed by atoms with Crippen molar-refractivity contribution >= 4 is 11.5 Å². The second-order valence-electron chi connectivity index (χ2n) is 4.30. The monoisotopic (exact) mass is 234 g/mol. The summed E-state index contributed by atoms with van der Waals surface area (Å²) in [4.78, 5) is 6.20. The van der Waals surface area contributed by atoms with Crippen LogP contribution in [0.15, 0.2) is 18.3 Å². The fraction of sp³-hybridized carbons (Fsp3) is 0.500. The van der Waals surface area contributed by atoms with Gasteiger partial charge in [0, 0.05) is 26.4 Å². The number of amidine groups is 1. The van der Waals surface area contributed by atoms with Crippen LogP contribution in [0, 0.1) is 5.41 Å². The Morgan fingerprint density at radius 1 is 1.71 bits per heavy atom. The highest BCUT2D eigenvalue weighted by atomic mass is 16.5. The van der Waals surface area contributed by atoms with Crippen molar-refractivity contribution in [3.05, 3.63) is 24.0 Å². The van der Waals surface area contributed by atoms with E-state index in [1.54, 1.807) is 6.20 Å². The normalized spacial score (nSPS) is 19.2. The number of aromatic nitrogens is 1. The molecule has 17 heavy (non-hydrogen) atoms. The van der Waals surface area contributed by atoms with Crippen molar-refractivity contribution in [2.24, 2.45) is 5.73 Å². The minimum Gasteiger partial charge on any atom is -0.382 e. The zero-order chi connectivity index (χ0) is 12.3. The molecule has 3 N–H and O–H groups in total. The standard InChI is InChI=1S/C12H18N4O/c1-16(8-9-4-3-7-17-9)10-5-2-6-15-11(10)12(13)14/h2,5-6,9H,3-4,7-8H2,1H3,(H3,13,14). The molecule has 5 nitrogen and oxygen atoms in total. The molecule has 0 saturated carbocycles. The number of rotatable bonds is 4. The van der Waals surface area contributed by atoms with Gasteiger partial charge in [0.1, 0.15) is 11.5 Å². The first-order chi connectivity index (χ1) is 8.18. The molecule has 1 fully saturated rings. The molecule has 0 radical (unpaired) electrons. The Bertz CT molecular complexity index is 401. The van der Waals surface area contributed by atoms with Gasteiger partial charge in [-0.05, 0) is 25.0 Å². The highest BCUT2D eigenvalue weighted by molar-refractivity contribution is 5.98. The molecule has 1 aromatic rings. The summed E-state index contributed by atoms with van der Waals surface area (Å²) >= 11 is 0. The van der Waals surface area contributed by atoms with Gasteiger partial charge in [-0.15, -0.1) is 0 Å². The molecule has 1 unspecified atom stereocenters. The Hall–Kier alpha value is -1.62. The van der Waals surface area contributed by atoms with Gasteiger partial charge < -0.3 is 15.4 Å². The van der Waals surface area contributed by atoms with E-state index in [0.717, 1.165) is 31.7 Å². The third-order valence-electron chi connectivity index (χ3n) is 2.95. The van der Waals surface area contributed by atoms with Crippen LogP contribution in [0.25, 0.3) is 0 Å². The fourth-order valence-electron chi connectivity index (χ4n) is 2.10. The molecule has 1 aromatic heterocycles. The summed E-state index contributed by atoms with van der Waals surface area (Å²) in [6.45, 7) is 1.66. The Labute approximate surface area is 101 Å². The summed E-state index contributed by atoms with van der Waals surface area (Å²) in [7, 11) is 1.98. The fourth-order valence-corrected chi connectivity index (χ4v) is 2.10. The maximum atomic E-state index is 7.51. The van der Waals surface area contributed by atoms with Gasteiger partial charge in [0.05, 0.1) is 11.8 Å². The lowest BCUT2D eigenvalue weighted by molar-refractivity contribution is 0.116. The lowest BCUT2D eigenvalue weighted by Gasteiger charge is -2.24. The number of nitrogen functional groups attached to an aromatic ring is 1.